The van der Waals surface area contributed by atoms with Gasteiger partial charge < -0.3 is 20.4 Å². The van der Waals surface area contributed by atoms with Crippen molar-refractivity contribution in [3.8, 4) is 0 Å². The van der Waals surface area contributed by atoms with E-state index < -0.39 is 0 Å². The number of amides is 4. The molecule has 0 aromatic heterocycles. The van der Waals surface area contributed by atoms with Crippen LogP contribution >= 0.6 is 11.6 Å². The van der Waals surface area contributed by atoms with Crippen molar-refractivity contribution < 1.29 is 14.4 Å². The molecule has 4 amide bonds. The van der Waals surface area contributed by atoms with Gasteiger partial charge in [-0.3, -0.25) is 9.59 Å². The van der Waals surface area contributed by atoms with E-state index in [1.54, 1.807) is 24.3 Å². The van der Waals surface area contributed by atoms with E-state index in [0.717, 1.165) is 37.8 Å². The fraction of sp³-hybridized carbons (Fsp3) is 0.423. The standard InChI is InChI=1S/C26H31ClN4O3/c27-22-9-11-23(12-10-22)29-26(34)31-15-2-7-21(18-31)19-5-1-6-20(17-19)25(33)28-13-4-16-30-14-3-8-24(30)32/h1,5-6,9-12,17,21H,2-4,7-8,13-16,18H2,(H,28,33)(H,29,34). The molecule has 2 fully saturated rings. The zero-order valence-electron chi connectivity index (χ0n) is 19.3. The number of anilines is 1. The molecule has 2 saturated heterocycles. The van der Waals surface area contributed by atoms with Crippen molar-refractivity contribution in [1.82, 2.24) is 15.1 Å². The van der Waals surface area contributed by atoms with Crippen LogP contribution in [0.1, 0.15) is 53.9 Å². The molecule has 34 heavy (non-hydrogen) atoms. The Bertz CT molecular complexity index is 1030. The second-order valence-corrected chi connectivity index (χ2v) is 9.38. The lowest BCUT2D eigenvalue weighted by Gasteiger charge is -2.33. The molecule has 2 aliphatic rings. The Morgan fingerprint density at radius 3 is 2.65 bits per heavy atom. The molecule has 2 aromatic carbocycles. The molecule has 2 aliphatic heterocycles. The van der Waals surface area contributed by atoms with E-state index in [9.17, 15) is 14.4 Å². The number of hydrogen-bond donors (Lipinski definition) is 2. The number of nitrogens with zero attached hydrogens (tertiary/aromatic N) is 2. The van der Waals surface area contributed by atoms with E-state index in [2.05, 4.69) is 10.6 Å². The van der Waals surface area contributed by atoms with Crippen LogP contribution in [0.25, 0.3) is 0 Å². The maximum atomic E-state index is 12.8. The number of hydrogen-bond acceptors (Lipinski definition) is 3. The van der Waals surface area contributed by atoms with Gasteiger partial charge in [0.15, 0.2) is 0 Å². The summed E-state index contributed by atoms with van der Waals surface area (Å²) in [5, 5.41) is 6.52. The molecule has 0 saturated carbocycles. The maximum Gasteiger partial charge on any atom is 0.321 e. The average Bonchev–Trinajstić information content (AvgIpc) is 3.27. The van der Waals surface area contributed by atoms with Crippen LogP contribution in [0.3, 0.4) is 0 Å². The van der Waals surface area contributed by atoms with Crippen LogP contribution in [0.15, 0.2) is 48.5 Å². The smallest absolute Gasteiger partial charge is 0.321 e. The fourth-order valence-electron chi connectivity index (χ4n) is 4.62. The van der Waals surface area contributed by atoms with Crippen molar-refractivity contribution in [1.29, 1.82) is 0 Å². The van der Waals surface area contributed by atoms with Gasteiger partial charge >= 0.3 is 6.03 Å². The SMILES string of the molecule is O=C(NCCCN1CCCC1=O)c1cccc(C2CCCN(C(=O)Nc3ccc(Cl)cc3)C2)c1. The molecule has 1 unspecified atom stereocenters. The van der Waals surface area contributed by atoms with Gasteiger partial charge in [-0.1, -0.05) is 23.7 Å². The van der Waals surface area contributed by atoms with Crippen LogP contribution < -0.4 is 10.6 Å². The number of rotatable bonds is 7. The van der Waals surface area contributed by atoms with Gasteiger partial charge in [-0.15, -0.1) is 0 Å². The predicted octanol–water partition coefficient (Wildman–Crippen LogP) is 4.49. The first-order valence-electron chi connectivity index (χ1n) is 12.0. The Balaban J connectivity index is 1.29. The highest BCUT2D eigenvalue weighted by Gasteiger charge is 2.25. The molecule has 8 heteroatoms. The molecule has 2 aromatic rings. The fourth-order valence-corrected chi connectivity index (χ4v) is 4.74. The van der Waals surface area contributed by atoms with Gasteiger partial charge in [0.1, 0.15) is 0 Å². The molecule has 2 heterocycles. The van der Waals surface area contributed by atoms with E-state index in [-0.39, 0.29) is 23.8 Å². The van der Waals surface area contributed by atoms with Crippen LogP contribution in [-0.2, 0) is 4.79 Å². The third-order valence-electron chi connectivity index (χ3n) is 6.49. The Hall–Kier alpha value is -3.06. The molecular weight excluding hydrogens is 452 g/mol. The number of urea groups is 1. The van der Waals surface area contributed by atoms with Gasteiger partial charge in [-0.25, -0.2) is 4.79 Å². The first-order chi connectivity index (χ1) is 16.5. The van der Waals surface area contributed by atoms with Crippen LogP contribution in [0, 0.1) is 0 Å². The third kappa shape index (κ3) is 6.29. The van der Waals surface area contributed by atoms with E-state index in [0.29, 0.717) is 48.9 Å². The summed E-state index contributed by atoms with van der Waals surface area (Å²) in [6.07, 6.45) is 4.20. The molecule has 0 aliphatic carbocycles. The number of piperidine rings is 1. The number of benzene rings is 2. The summed E-state index contributed by atoms with van der Waals surface area (Å²) in [4.78, 5) is 40.8. The lowest BCUT2D eigenvalue weighted by molar-refractivity contribution is -0.127. The Kier molecular flexibility index (Phi) is 8.06. The van der Waals surface area contributed by atoms with Crippen molar-refractivity contribution in [3.63, 3.8) is 0 Å². The number of carbonyl (C=O) groups is 3. The van der Waals surface area contributed by atoms with Crippen molar-refractivity contribution >= 4 is 35.1 Å². The maximum absolute atomic E-state index is 12.8. The highest BCUT2D eigenvalue weighted by molar-refractivity contribution is 6.30. The second kappa shape index (κ2) is 11.4. The molecule has 0 spiro atoms. The molecule has 0 radical (unpaired) electrons. The van der Waals surface area contributed by atoms with Crippen LogP contribution in [0.5, 0.6) is 0 Å². The van der Waals surface area contributed by atoms with Crippen LogP contribution in [0.4, 0.5) is 10.5 Å². The normalized spacial score (nSPS) is 18.1. The van der Waals surface area contributed by atoms with Crippen molar-refractivity contribution in [2.24, 2.45) is 0 Å². The van der Waals surface area contributed by atoms with E-state index >= 15 is 0 Å². The largest absolute Gasteiger partial charge is 0.352 e. The summed E-state index contributed by atoms with van der Waals surface area (Å²) in [6.45, 7) is 3.36. The van der Waals surface area contributed by atoms with E-state index in [1.807, 2.05) is 34.1 Å². The Morgan fingerprint density at radius 1 is 1.06 bits per heavy atom. The minimum atomic E-state index is -0.127. The molecule has 180 valence electrons. The minimum Gasteiger partial charge on any atom is -0.352 e. The van der Waals surface area contributed by atoms with Crippen molar-refractivity contribution in [2.75, 3.05) is 38.0 Å². The van der Waals surface area contributed by atoms with E-state index in [1.165, 1.54) is 0 Å². The van der Waals surface area contributed by atoms with Gasteiger partial charge in [0.05, 0.1) is 0 Å². The predicted molar refractivity (Wildman–Crippen MR) is 133 cm³/mol. The lowest BCUT2D eigenvalue weighted by atomic mass is 9.89. The van der Waals surface area contributed by atoms with Gasteiger partial charge in [-0.2, -0.15) is 0 Å². The highest BCUT2D eigenvalue weighted by atomic mass is 35.5. The average molecular weight is 483 g/mol. The Labute approximate surface area is 205 Å². The molecule has 4 rings (SSSR count). The van der Waals surface area contributed by atoms with Gasteiger partial charge in [-0.05, 0) is 67.6 Å². The van der Waals surface area contributed by atoms with Crippen molar-refractivity contribution in [2.45, 2.75) is 38.0 Å². The summed E-state index contributed by atoms with van der Waals surface area (Å²) >= 11 is 5.92. The van der Waals surface area contributed by atoms with Crippen LogP contribution in [-0.4, -0.2) is 60.4 Å². The number of likely N-dealkylation sites (tertiary alicyclic amines) is 2. The lowest BCUT2D eigenvalue weighted by Crippen LogP contribution is -2.41. The van der Waals surface area contributed by atoms with Gasteiger partial charge in [0.25, 0.3) is 5.91 Å². The Morgan fingerprint density at radius 2 is 1.88 bits per heavy atom. The molecule has 7 nitrogen and oxygen atoms in total. The minimum absolute atomic E-state index is 0.109. The first kappa shape index (κ1) is 24.1. The zero-order valence-corrected chi connectivity index (χ0v) is 20.0. The van der Waals surface area contributed by atoms with Gasteiger partial charge in [0, 0.05) is 61.3 Å². The molecular formula is C26H31ClN4O3. The third-order valence-corrected chi connectivity index (χ3v) is 6.74. The first-order valence-corrected chi connectivity index (χ1v) is 12.3. The number of halogens is 1. The second-order valence-electron chi connectivity index (χ2n) is 8.94. The highest BCUT2D eigenvalue weighted by Crippen LogP contribution is 2.28. The van der Waals surface area contributed by atoms with Crippen molar-refractivity contribution in [3.05, 3.63) is 64.7 Å². The quantitative estimate of drug-likeness (QED) is 0.570. The summed E-state index contributed by atoms with van der Waals surface area (Å²) in [5.74, 6) is 0.281. The molecule has 0 bridgehead atoms. The summed E-state index contributed by atoms with van der Waals surface area (Å²) in [5.41, 5.74) is 2.40. The topological polar surface area (TPSA) is 81.8 Å². The van der Waals surface area contributed by atoms with E-state index in [4.69, 9.17) is 11.6 Å². The van der Waals surface area contributed by atoms with Gasteiger partial charge in [0.2, 0.25) is 5.91 Å². The molecule has 2 N–H and O–H groups in total. The summed E-state index contributed by atoms with van der Waals surface area (Å²) in [6, 6.07) is 14.6. The summed E-state index contributed by atoms with van der Waals surface area (Å²) in [7, 11) is 0. The monoisotopic (exact) mass is 482 g/mol. The van der Waals surface area contributed by atoms with Crippen LogP contribution in [0.2, 0.25) is 5.02 Å². The number of nitrogens with one attached hydrogen (secondary N) is 2. The molecule has 1 atom stereocenters. The zero-order chi connectivity index (χ0) is 23.9. The number of carbonyl (C=O) groups excluding carboxylic acids is 3. The summed E-state index contributed by atoms with van der Waals surface area (Å²) < 4.78 is 0.